The van der Waals surface area contributed by atoms with Gasteiger partial charge >= 0.3 is 5.76 Å². The zero-order chi connectivity index (χ0) is 21.3. The average Bonchev–Trinajstić information content (AvgIpc) is 3.07. The van der Waals surface area contributed by atoms with Gasteiger partial charge in [-0.15, -0.1) is 0 Å². The minimum atomic E-state index is -3.81. The molecule has 10 heteroatoms. The van der Waals surface area contributed by atoms with Gasteiger partial charge in [0.25, 0.3) is 0 Å². The molecule has 0 unspecified atom stereocenters. The van der Waals surface area contributed by atoms with Crippen LogP contribution in [0.4, 0.5) is 4.39 Å². The zero-order valence-electron chi connectivity index (χ0n) is 16.0. The molecular formula is C20H20FN3O5S. The molecule has 3 aromatic rings. The second-order valence-corrected chi connectivity index (χ2v) is 8.92. The number of hydrogen-bond acceptors (Lipinski definition) is 5. The number of para-hydroxylation sites is 2. The van der Waals surface area contributed by atoms with Crippen LogP contribution in [0.25, 0.3) is 11.1 Å². The number of halogens is 1. The monoisotopic (exact) mass is 433 g/mol. The lowest BCUT2D eigenvalue weighted by Gasteiger charge is -2.34. The number of sulfonamides is 1. The maximum atomic E-state index is 13.4. The average molecular weight is 433 g/mol. The number of amides is 1. The van der Waals surface area contributed by atoms with E-state index in [-0.39, 0.29) is 49.9 Å². The van der Waals surface area contributed by atoms with Crippen molar-refractivity contribution in [2.24, 2.45) is 0 Å². The Balaban J connectivity index is 1.37. The molecule has 158 valence electrons. The predicted octanol–water partition coefficient (Wildman–Crippen LogP) is 1.66. The van der Waals surface area contributed by atoms with E-state index in [1.165, 1.54) is 27.1 Å². The summed E-state index contributed by atoms with van der Waals surface area (Å²) in [5.41, 5.74) is 1.09. The van der Waals surface area contributed by atoms with Gasteiger partial charge in [0.15, 0.2) is 5.58 Å². The first-order valence-corrected chi connectivity index (χ1v) is 10.9. The molecule has 1 fully saturated rings. The summed E-state index contributed by atoms with van der Waals surface area (Å²) in [6.07, 6.45) is 0.0973. The fourth-order valence-electron chi connectivity index (χ4n) is 3.55. The highest BCUT2D eigenvalue weighted by Gasteiger charge is 2.30. The highest BCUT2D eigenvalue weighted by molar-refractivity contribution is 7.89. The highest BCUT2D eigenvalue weighted by Crippen LogP contribution is 2.19. The van der Waals surface area contributed by atoms with Crippen molar-refractivity contribution in [2.75, 3.05) is 26.2 Å². The van der Waals surface area contributed by atoms with Gasteiger partial charge in [-0.2, -0.15) is 4.31 Å². The topological polar surface area (TPSA) is 92.8 Å². The molecular weight excluding hydrogens is 413 g/mol. The number of oxazole rings is 1. The van der Waals surface area contributed by atoms with Crippen molar-refractivity contribution in [1.29, 1.82) is 0 Å². The lowest BCUT2D eigenvalue weighted by molar-refractivity contribution is -0.132. The van der Waals surface area contributed by atoms with E-state index < -0.39 is 21.6 Å². The molecule has 2 aromatic carbocycles. The van der Waals surface area contributed by atoms with Crippen LogP contribution in [0.15, 0.2) is 62.6 Å². The Morgan fingerprint density at radius 1 is 1.03 bits per heavy atom. The number of nitrogens with zero attached hydrogens (tertiary/aromatic N) is 3. The van der Waals surface area contributed by atoms with Gasteiger partial charge in [-0.3, -0.25) is 9.36 Å². The van der Waals surface area contributed by atoms with Crippen LogP contribution >= 0.6 is 0 Å². The molecule has 1 aromatic heterocycles. The summed E-state index contributed by atoms with van der Waals surface area (Å²) in [4.78, 5) is 26.1. The van der Waals surface area contributed by atoms with Gasteiger partial charge in [0.05, 0.1) is 10.4 Å². The summed E-state index contributed by atoms with van der Waals surface area (Å²) >= 11 is 0. The van der Waals surface area contributed by atoms with Crippen LogP contribution in [0.1, 0.15) is 6.42 Å². The van der Waals surface area contributed by atoms with Gasteiger partial charge in [0.2, 0.25) is 15.9 Å². The highest BCUT2D eigenvalue weighted by atomic mass is 32.2. The molecule has 30 heavy (non-hydrogen) atoms. The Kier molecular flexibility index (Phi) is 5.44. The number of aryl methyl sites for hydroxylation is 1. The van der Waals surface area contributed by atoms with Crippen LogP contribution in [0, 0.1) is 5.82 Å². The van der Waals surface area contributed by atoms with E-state index in [1.807, 2.05) is 0 Å². The lowest BCUT2D eigenvalue weighted by atomic mass is 10.3. The number of rotatable bonds is 5. The first kappa shape index (κ1) is 20.3. The number of piperazine rings is 1. The minimum absolute atomic E-state index is 0.0973. The predicted molar refractivity (Wildman–Crippen MR) is 107 cm³/mol. The van der Waals surface area contributed by atoms with Crippen molar-refractivity contribution in [1.82, 2.24) is 13.8 Å². The quantitative estimate of drug-likeness (QED) is 0.610. The molecule has 0 radical (unpaired) electrons. The van der Waals surface area contributed by atoms with Crippen LogP contribution in [-0.4, -0.2) is 54.3 Å². The van der Waals surface area contributed by atoms with Crippen molar-refractivity contribution >= 4 is 27.0 Å². The van der Waals surface area contributed by atoms with Gasteiger partial charge in [-0.05, 0) is 30.3 Å². The Morgan fingerprint density at radius 2 is 1.77 bits per heavy atom. The van der Waals surface area contributed by atoms with Gasteiger partial charge in [0, 0.05) is 39.1 Å². The SMILES string of the molecule is O=C(CCn1c(=O)oc2ccccc21)N1CCN(S(=O)(=O)c2cccc(F)c2)CC1. The van der Waals surface area contributed by atoms with Crippen LogP contribution < -0.4 is 5.76 Å². The maximum absolute atomic E-state index is 13.4. The van der Waals surface area contributed by atoms with Gasteiger partial charge in [0.1, 0.15) is 5.82 Å². The fourth-order valence-corrected chi connectivity index (χ4v) is 5.00. The number of aromatic nitrogens is 1. The van der Waals surface area contributed by atoms with Gasteiger partial charge in [-0.25, -0.2) is 17.6 Å². The molecule has 0 spiro atoms. The Hall–Kier alpha value is -2.98. The van der Waals surface area contributed by atoms with Crippen LogP contribution in [0.5, 0.6) is 0 Å². The van der Waals surface area contributed by atoms with E-state index in [9.17, 15) is 22.4 Å². The lowest BCUT2D eigenvalue weighted by Crippen LogP contribution is -2.50. The summed E-state index contributed by atoms with van der Waals surface area (Å²) < 4.78 is 46.6. The molecule has 2 heterocycles. The number of fused-ring (bicyclic) bond motifs is 1. The molecule has 0 atom stereocenters. The normalized spacial score (nSPS) is 15.6. The number of hydrogen-bond donors (Lipinski definition) is 0. The van der Waals surface area contributed by atoms with E-state index in [4.69, 9.17) is 4.42 Å². The molecule has 1 saturated heterocycles. The van der Waals surface area contributed by atoms with Crippen molar-refractivity contribution in [3.63, 3.8) is 0 Å². The minimum Gasteiger partial charge on any atom is -0.408 e. The summed E-state index contributed by atoms with van der Waals surface area (Å²) in [6, 6.07) is 11.9. The van der Waals surface area contributed by atoms with Crippen molar-refractivity contribution in [3.05, 3.63) is 64.9 Å². The largest absolute Gasteiger partial charge is 0.419 e. The van der Waals surface area contributed by atoms with E-state index in [0.29, 0.717) is 11.1 Å². The number of benzene rings is 2. The third kappa shape index (κ3) is 3.88. The zero-order valence-corrected chi connectivity index (χ0v) is 16.8. The van der Waals surface area contributed by atoms with E-state index in [0.717, 1.165) is 6.07 Å². The summed E-state index contributed by atoms with van der Waals surface area (Å²) in [7, 11) is -3.81. The first-order chi connectivity index (χ1) is 14.4. The Morgan fingerprint density at radius 3 is 2.50 bits per heavy atom. The number of carbonyl (C=O) groups excluding carboxylic acids is 1. The molecule has 8 nitrogen and oxygen atoms in total. The van der Waals surface area contributed by atoms with Gasteiger partial charge < -0.3 is 9.32 Å². The summed E-state index contributed by atoms with van der Waals surface area (Å²) in [5.74, 6) is -1.31. The van der Waals surface area contributed by atoms with Gasteiger partial charge in [-0.1, -0.05) is 18.2 Å². The summed E-state index contributed by atoms with van der Waals surface area (Å²) in [5, 5.41) is 0. The van der Waals surface area contributed by atoms with Crippen LogP contribution in [0.3, 0.4) is 0 Å². The van der Waals surface area contributed by atoms with Crippen molar-refractivity contribution in [3.8, 4) is 0 Å². The third-order valence-corrected chi connectivity index (χ3v) is 7.04. The van der Waals surface area contributed by atoms with Crippen molar-refractivity contribution < 1.29 is 22.0 Å². The Labute approximate surface area is 172 Å². The second kappa shape index (κ2) is 8.04. The molecule has 4 rings (SSSR count). The second-order valence-electron chi connectivity index (χ2n) is 6.98. The molecule has 0 N–H and O–H groups in total. The molecule has 0 aliphatic carbocycles. The van der Waals surface area contributed by atoms with E-state index in [2.05, 4.69) is 0 Å². The first-order valence-electron chi connectivity index (χ1n) is 9.48. The fraction of sp³-hybridized carbons (Fsp3) is 0.300. The molecule has 0 bridgehead atoms. The molecule has 1 aliphatic heterocycles. The van der Waals surface area contributed by atoms with Crippen LogP contribution in [0.2, 0.25) is 0 Å². The molecule has 1 aliphatic rings. The van der Waals surface area contributed by atoms with Crippen molar-refractivity contribution in [2.45, 2.75) is 17.9 Å². The standard InChI is InChI=1S/C20H20FN3O5S/c21-15-4-3-5-16(14-15)30(27,28)23-12-10-22(11-13-23)19(25)8-9-24-17-6-1-2-7-18(17)29-20(24)26/h1-7,14H,8-13H2. The summed E-state index contributed by atoms with van der Waals surface area (Å²) in [6.45, 7) is 0.887. The van der Waals surface area contributed by atoms with Crippen LogP contribution in [-0.2, 0) is 21.4 Å². The smallest absolute Gasteiger partial charge is 0.408 e. The maximum Gasteiger partial charge on any atom is 0.419 e. The number of carbonyl (C=O) groups is 1. The molecule has 1 amide bonds. The molecule has 0 saturated carbocycles. The third-order valence-electron chi connectivity index (χ3n) is 5.15. The van der Waals surface area contributed by atoms with E-state index >= 15 is 0 Å². The van der Waals surface area contributed by atoms with E-state index in [1.54, 1.807) is 29.2 Å². The Bertz CT molecular complexity index is 1240.